The van der Waals surface area contributed by atoms with Gasteiger partial charge in [-0.1, -0.05) is 109 Å². The van der Waals surface area contributed by atoms with Crippen molar-refractivity contribution in [3.8, 4) is 11.1 Å². The maximum atomic E-state index is 3.53. The van der Waals surface area contributed by atoms with Crippen LogP contribution in [0, 0.1) is 73.6 Å². The second kappa shape index (κ2) is 18.2. The predicted octanol–water partition coefficient (Wildman–Crippen LogP) is 13.2. The topological polar surface area (TPSA) is 0 Å². The van der Waals surface area contributed by atoms with E-state index in [1.54, 1.807) is 12.0 Å². The van der Waals surface area contributed by atoms with E-state index in [1.165, 1.54) is 94.4 Å². The fraction of sp³-hybridized carbons (Fsp3) is 0.442. The molecule has 1 heteroatoms. The number of aryl methyl sites for hydroxylation is 2. The zero-order valence-corrected chi connectivity index (χ0v) is 36.5. The molecule has 0 N–H and O–H groups in total. The van der Waals surface area contributed by atoms with E-state index in [-0.39, 0.29) is 10.8 Å². The molecule has 0 heterocycles. The molecule has 1 unspecified atom stereocenters. The molecule has 10 rings (SSSR count). The van der Waals surface area contributed by atoms with Crippen molar-refractivity contribution in [1.29, 1.82) is 0 Å². The normalized spacial score (nSPS) is 24.0. The molecular formula is C52H62Zr-4. The van der Waals surface area contributed by atoms with Crippen LogP contribution in [0.5, 0.6) is 0 Å². The van der Waals surface area contributed by atoms with E-state index in [9.17, 15) is 0 Å². The van der Waals surface area contributed by atoms with E-state index in [2.05, 4.69) is 133 Å². The molecule has 4 aromatic carbocycles. The Labute approximate surface area is 339 Å². The standard InChI is InChI=1S/C21H25.C16H21.2C7H7.CH2.Zr/c1-20(2,3)16-9-7-14-11-15-8-10-17(21(4,5)6)13-19(15)18(14)12-16;1-10-2-3-13(4-10)16-14-6-11-5-12(8-14)9-15(16)7-11;2*1-7-5-3-2-4-6-7;;/h7,9-10,12-13H,11H2,1-6H3;3-4,10-12,14-16H,5-9H2,1H3;2*3-6H,1H3;1H2;/q4*-1;;. The van der Waals surface area contributed by atoms with Gasteiger partial charge in [-0.05, 0) is 73.2 Å². The number of rotatable bonds is 1. The third-order valence-corrected chi connectivity index (χ3v) is 11.9. The number of hydrogen-bond donors (Lipinski definition) is 0. The summed E-state index contributed by atoms with van der Waals surface area (Å²) in [5, 5.41) is 0. The monoisotopic (exact) mass is 776 g/mol. The SMILES string of the molecule is CC(C)(C)c1c[c-]c2c(c1)-c1cc(C(C)(C)C)ccc1C2.CC1[C-]=CC(C2C3CC4CC(C3)CC2C4)=C1.Cc1cc[c-]cc1.Cc1cc[c-]cc1.[CH2]=[Zr]. The minimum absolute atomic E-state index is 0.177. The average molecular weight is 778 g/mol. The van der Waals surface area contributed by atoms with Gasteiger partial charge in [0.15, 0.2) is 0 Å². The zero-order valence-electron chi connectivity index (χ0n) is 34.1. The van der Waals surface area contributed by atoms with Crippen LogP contribution in [0.25, 0.3) is 11.1 Å². The number of fused-ring (bicyclic) bond motifs is 3. The number of hydrogen-bond acceptors (Lipinski definition) is 0. The second-order valence-electron chi connectivity index (χ2n) is 18.2. The summed E-state index contributed by atoms with van der Waals surface area (Å²) in [5.41, 5.74) is 13.0. The first-order valence-corrected chi connectivity index (χ1v) is 21.7. The summed E-state index contributed by atoms with van der Waals surface area (Å²) >= 11 is 1.30. The Morgan fingerprint density at radius 1 is 0.660 bits per heavy atom. The quantitative estimate of drug-likeness (QED) is 0.149. The van der Waals surface area contributed by atoms with Gasteiger partial charge in [0.2, 0.25) is 0 Å². The average Bonchev–Trinajstić information content (AvgIpc) is 3.72. The molecule has 0 spiro atoms. The Hall–Kier alpha value is -2.89. The summed E-state index contributed by atoms with van der Waals surface area (Å²) in [5.74, 6) is 5.77. The van der Waals surface area contributed by atoms with Gasteiger partial charge in [-0.2, -0.15) is 113 Å². The first-order valence-electron chi connectivity index (χ1n) is 19.9. The molecule has 4 bridgehead atoms. The Balaban J connectivity index is 0.000000148. The molecule has 0 saturated heterocycles. The minimum atomic E-state index is 0.177. The fourth-order valence-corrected chi connectivity index (χ4v) is 9.21. The van der Waals surface area contributed by atoms with Crippen molar-refractivity contribution in [2.75, 3.05) is 0 Å². The third-order valence-electron chi connectivity index (χ3n) is 11.9. The van der Waals surface area contributed by atoms with Crippen molar-refractivity contribution in [3.05, 3.63) is 154 Å². The summed E-state index contributed by atoms with van der Waals surface area (Å²) in [4.78, 5) is 0. The first kappa shape index (κ1) is 41.3. The van der Waals surface area contributed by atoms with E-state index >= 15 is 0 Å². The van der Waals surface area contributed by atoms with E-state index in [0.717, 1.165) is 36.0 Å². The van der Waals surface area contributed by atoms with Crippen LogP contribution in [0.2, 0.25) is 0 Å². The molecule has 6 aliphatic rings. The van der Waals surface area contributed by atoms with Crippen LogP contribution in [0.4, 0.5) is 0 Å². The van der Waals surface area contributed by atoms with Crippen LogP contribution in [0.3, 0.4) is 0 Å². The van der Waals surface area contributed by atoms with Gasteiger partial charge >= 0.3 is 28.4 Å². The molecular weight excluding hydrogens is 716 g/mol. The van der Waals surface area contributed by atoms with E-state index in [1.807, 2.05) is 48.5 Å². The van der Waals surface area contributed by atoms with Gasteiger partial charge in [-0.25, -0.2) is 6.08 Å². The van der Waals surface area contributed by atoms with Crippen molar-refractivity contribution in [3.63, 3.8) is 0 Å². The summed E-state index contributed by atoms with van der Waals surface area (Å²) in [7, 11) is 0. The van der Waals surface area contributed by atoms with Crippen molar-refractivity contribution in [2.24, 2.45) is 35.5 Å². The van der Waals surface area contributed by atoms with Crippen LogP contribution < -0.4 is 0 Å². The van der Waals surface area contributed by atoms with E-state index in [0.29, 0.717) is 5.92 Å². The van der Waals surface area contributed by atoms with Crippen molar-refractivity contribution in [2.45, 2.75) is 112 Å². The summed E-state index contributed by atoms with van der Waals surface area (Å²) in [6.07, 6.45) is 17.0. The van der Waals surface area contributed by atoms with Gasteiger partial charge in [-0.3, -0.25) is 6.08 Å². The first-order chi connectivity index (χ1) is 25.2. The predicted molar refractivity (Wildman–Crippen MR) is 224 cm³/mol. The molecule has 0 amide bonds. The maximum absolute atomic E-state index is 3.53. The molecule has 4 saturated carbocycles. The molecule has 6 aliphatic carbocycles. The summed E-state index contributed by atoms with van der Waals surface area (Å²) in [6.45, 7) is 20.0. The van der Waals surface area contributed by atoms with Gasteiger partial charge in [0.25, 0.3) is 0 Å². The molecule has 0 nitrogen and oxygen atoms in total. The number of benzene rings is 4. The molecule has 4 fully saturated rings. The van der Waals surface area contributed by atoms with E-state index < -0.39 is 0 Å². The van der Waals surface area contributed by atoms with Gasteiger partial charge in [0.1, 0.15) is 0 Å². The van der Waals surface area contributed by atoms with Gasteiger partial charge < -0.3 is 0 Å². The van der Waals surface area contributed by atoms with Gasteiger partial charge in [-0.15, -0.1) is 5.56 Å². The Morgan fingerprint density at radius 2 is 1.17 bits per heavy atom. The fourth-order valence-electron chi connectivity index (χ4n) is 9.21. The summed E-state index contributed by atoms with van der Waals surface area (Å²) in [6, 6.07) is 36.7. The van der Waals surface area contributed by atoms with Crippen LogP contribution in [0.1, 0.15) is 114 Å². The molecule has 278 valence electrons. The van der Waals surface area contributed by atoms with Gasteiger partial charge in [0, 0.05) is 0 Å². The molecule has 0 radical (unpaired) electrons. The van der Waals surface area contributed by atoms with Crippen LogP contribution >= 0.6 is 0 Å². The molecule has 1 atom stereocenters. The zero-order chi connectivity index (χ0) is 38.3. The molecule has 0 aromatic heterocycles. The van der Waals surface area contributed by atoms with Crippen LogP contribution in [0.15, 0.2) is 96.6 Å². The van der Waals surface area contributed by atoms with Gasteiger partial charge in [0.05, 0.1) is 0 Å². The summed E-state index contributed by atoms with van der Waals surface area (Å²) < 4.78 is 3.34. The van der Waals surface area contributed by atoms with E-state index in [4.69, 9.17) is 0 Å². The Kier molecular flexibility index (Phi) is 14.1. The third kappa shape index (κ3) is 10.9. The Morgan fingerprint density at radius 3 is 1.60 bits per heavy atom. The second-order valence-corrected chi connectivity index (χ2v) is 18.2. The van der Waals surface area contributed by atoms with Crippen molar-refractivity contribution < 1.29 is 24.2 Å². The number of allylic oxidation sites excluding steroid dienone is 4. The molecule has 53 heavy (non-hydrogen) atoms. The van der Waals surface area contributed by atoms with Crippen molar-refractivity contribution >= 4 is 4.21 Å². The van der Waals surface area contributed by atoms with Crippen LogP contribution in [-0.2, 0) is 41.5 Å². The molecule has 0 aliphatic heterocycles. The van der Waals surface area contributed by atoms with Crippen molar-refractivity contribution in [1.82, 2.24) is 0 Å². The Bertz CT molecular complexity index is 1700. The molecule has 4 aromatic rings. The van der Waals surface area contributed by atoms with Crippen LogP contribution in [-0.4, -0.2) is 4.21 Å².